The van der Waals surface area contributed by atoms with Gasteiger partial charge in [-0.1, -0.05) is 33.7 Å². The van der Waals surface area contributed by atoms with Crippen molar-refractivity contribution in [1.82, 2.24) is 0 Å². The third-order valence-corrected chi connectivity index (χ3v) is 5.08. The van der Waals surface area contributed by atoms with Crippen LogP contribution in [0.3, 0.4) is 0 Å². The van der Waals surface area contributed by atoms with Crippen LogP contribution in [-0.2, 0) is 0 Å². The van der Waals surface area contributed by atoms with Crippen LogP contribution < -0.4 is 0 Å². The van der Waals surface area contributed by atoms with Crippen LogP contribution in [0, 0.1) is 5.92 Å². The van der Waals surface area contributed by atoms with Gasteiger partial charge in [-0.3, -0.25) is 0 Å². The number of hydrogen-bond donors (Lipinski definition) is 0. The van der Waals surface area contributed by atoms with E-state index in [1.54, 1.807) is 0 Å². The van der Waals surface area contributed by atoms with Gasteiger partial charge in [-0.25, -0.2) is 0 Å². The summed E-state index contributed by atoms with van der Waals surface area (Å²) in [6.07, 6.45) is 5.53. The second kappa shape index (κ2) is 6.98. The van der Waals surface area contributed by atoms with Crippen molar-refractivity contribution in [3.63, 3.8) is 0 Å². The number of thioether (sulfide) groups is 1. The third kappa shape index (κ3) is 4.53. The highest BCUT2D eigenvalue weighted by Crippen LogP contribution is 2.29. The first-order valence-electron chi connectivity index (χ1n) is 4.05. The molecule has 0 aromatic carbocycles. The van der Waals surface area contributed by atoms with Crippen LogP contribution in [0.2, 0.25) is 0 Å². The average Bonchev–Trinajstić information content (AvgIpc) is 2.14. The predicted octanol–water partition coefficient (Wildman–Crippen LogP) is 3.82. The van der Waals surface area contributed by atoms with Crippen molar-refractivity contribution in [2.75, 3.05) is 17.3 Å². The zero-order valence-corrected chi connectivity index (χ0v) is 9.52. The maximum absolute atomic E-state index is 3.70. The van der Waals surface area contributed by atoms with Crippen molar-refractivity contribution < 1.29 is 0 Å². The summed E-state index contributed by atoms with van der Waals surface area (Å²) in [5.74, 6) is 4.55. The maximum Gasteiger partial charge on any atom is 0.0215 e. The highest BCUT2D eigenvalue weighted by atomic mass is 33.1. The zero-order chi connectivity index (χ0) is 8.65. The molecule has 0 aromatic rings. The molecular weight excluding hydrogens is 204 g/mol. The van der Waals surface area contributed by atoms with E-state index in [-0.39, 0.29) is 0 Å². The predicted molar refractivity (Wildman–Crippen MR) is 64.8 cm³/mol. The molecule has 0 saturated heterocycles. The van der Waals surface area contributed by atoms with E-state index in [2.05, 4.69) is 18.1 Å². The van der Waals surface area contributed by atoms with E-state index in [9.17, 15) is 0 Å². The van der Waals surface area contributed by atoms with Gasteiger partial charge in [0.2, 0.25) is 0 Å². The SMILES string of the molecule is C=CCSSCC1CC=CSC1. The molecule has 12 heavy (non-hydrogen) atoms. The Morgan fingerprint density at radius 2 is 2.50 bits per heavy atom. The monoisotopic (exact) mass is 218 g/mol. The Balaban J connectivity index is 1.99. The summed E-state index contributed by atoms with van der Waals surface area (Å²) in [7, 11) is 3.89. The van der Waals surface area contributed by atoms with Gasteiger partial charge in [-0.15, -0.1) is 18.3 Å². The highest BCUT2D eigenvalue weighted by molar-refractivity contribution is 8.76. The smallest absolute Gasteiger partial charge is 0.0215 e. The minimum Gasteiger partial charge on any atom is -0.134 e. The normalized spacial score (nSPS) is 22.5. The van der Waals surface area contributed by atoms with Crippen LogP contribution in [0.5, 0.6) is 0 Å². The largest absolute Gasteiger partial charge is 0.134 e. The fourth-order valence-electron chi connectivity index (χ4n) is 0.932. The standard InChI is InChI=1S/C9H14S3/c1-2-5-11-12-8-9-4-3-6-10-7-9/h2-3,6,9H,1,4-5,7-8H2. The average molecular weight is 218 g/mol. The lowest BCUT2D eigenvalue weighted by Gasteiger charge is -2.15. The van der Waals surface area contributed by atoms with Gasteiger partial charge in [0.05, 0.1) is 0 Å². The van der Waals surface area contributed by atoms with Gasteiger partial charge in [0.1, 0.15) is 0 Å². The molecule has 0 bridgehead atoms. The summed E-state index contributed by atoms with van der Waals surface area (Å²) in [6, 6.07) is 0. The van der Waals surface area contributed by atoms with E-state index >= 15 is 0 Å². The second-order valence-electron chi connectivity index (χ2n) is 2.66. The molecular formula is C9H14S3. The molecule has 0 nitrogen and oxygen atoms in total. The van der Waals surface area contributed by atoms with Crippen molar-refractivity contribution in [1.29, 1.82) is 0 Å². The van der Waals surface area contributed by atoms with Crippen LogP contribution in [0.4, 0.5) is 0 Å². The summed E-state index contributed by atoms with van der Waals surface area (Å²) in [5.41, 5.74) is 0. The molecule has 0 saturated carbocycles. The maximum atomic E-state index is 3.70. The third-order valence-electron chi connectivity index (χ3n) is 1.57. The second-order valence-corrected chi connectivity index (χ2v) is 6.16. The van der Waals surface area contributed by atoms with Crippen molar-refractivity contribution in [3.8, 4) is 0 Å². The summed E-state index contributed by atoms with van der Waals surface area (Å²) < 4.78 is 0. The Bertz CT molecular complexity index is 154. The van der Waals surface area contributed by atoms with E-state index in [0.29, 0.717) is 0 Å². The lowest BCUT2D eigenvalue weighted by atomic mass is 10.1. The van der Waals surface area contributed by atoms with Gasteiger partial charge in [0.25, 0.3) is 0 Å². The Morgan fingerprint density at radius 1 is 1.58 bits per heavy atom. The number of rotatable bonds is 5. The fraction of sp³-hybridized carbons (Fsp3) is 0.556. The summed E-state index contributed by atoms with van der Waals surface area (Å²) in [4.78, 5) is 0. The Kier molecular flexibility index (Phi) is 6.17. The van der Waals surface area contributed by atoms with E-state index < -0.39 is 0 Å². The van der Waals surface area contributed by atoms with E-state index in [0.717, 1.165) is 11.7 Å². The molecule has 1 rings (SSSR count). The molecule has 0 spiro atoms. The molecule has 1 atom stereocenters. The number of allylic oxidation sites excluding steroid dienone is 1. The lowest BCUT2D eigenvalue weighted by molar-refractivity contribution is 0.686. The van der Waals surface area contributed by atoms with Crippen LogP contribution in [-0.4, -0.2) is 17.3 Å². The topological polar surface area (TPSA) is 0 Å². The van der Waals surface area contributed by atoms with Crippen LogP contribution in [0.25, 0.3) is 0 Å². The molecule has 0 radical (unpaired) electrons. The van der Waals surface area contributed by atoms with E-state index in [1.165, 1.54) is 17.9 Å². The van der Waals surface area contributed by atoms with Crippen LogP contribution in [0.15, 0.2) is 24.1 Å². The van der Waals surface area contributed by atoms with Crippen molar-refractivity contribution in [2.45, 2.75) is 6.42 Å². The minimum absolute atomic E-state index is 0.891. The first kappa shape index (κ1) is 10.6. The Morgan fingerprint density at radius 3 is 3.17 bits per heavy atom. The molecule has 1 aliphatic heterocycles. The van der Waals surface area contributed by atoms with Crippen LogP contribution in [0.1, 0.15) is 6.42 Å². The molecule has 0 fully saturated rings. The summed E-state index contributed by atoms with van der Waals surface area (Å²) in [5, 5.41) is 2.22. The van der Waals surface area contributed by atoms with Crippen molar-refractivity contribution >= 4 is 33.3 Å². The molecule has 0 amide bonds. The van der Waals surface area contributed by atoms with E-state index in [1.807, 2.05) is 39.4 Å². The highest BCUT2D eigenvalue weighted by Gasteiger charge is 2.09. The first-order valence-corrected chi connectivity index (χ1v) is 7.59. The molecule has 3 heteroatoms. The first-order chi connectivity index (χ1) is 5.93. The van der Waals surface area contributed by atoms with Crippen molar-refractivity contribution in [3.05, 3.63) is 24.1 Å². The summed E-state index contributed by atoms with van der Waals surface area (Å²) in [6.45, 7) is 3.70. The molecule has 0 N–H and O–H groups in total. The molecule has 1 heterocycles. The van der Waals surface area contributed by atoms with Gasteiger partial charge < -0.3 is 0 Å². The fourth-order valence-corrected chi connectivity index (χ4v) is 4.14. The molecule has 0 aliphatic carbocycles. The lowest BCUT2D eigenvalue weighted by Crippen LogP contribution is -2.07. The molecule has 0 aromatic heterocycles. The van der Waals surface area contributed by atoms with Gasteiger partial charge in [-0.2, -0.15) is 0 Å². The van der Waals surface area contributed by atoms with Crippen molar-refractivity contribution in [2.24, 2.45) is 5.92 Å². The molecule has 68 valence electrons. The zero-order valence-electron chi connectivity index (χ0n) is 7.07. The van der Waals surface area contributed by atoms with Gasteiger partial charge in [0.15, 0.2) is 0 Å². The van der Waals surface area contributed by atoms with Gasteiger partial charge >= 0.3 is 0 Å². The Labute approximate surface area is 87.0 Å². The number of hydrogen-bond acceptors (Lipinski definition) is 3. The minimum atomic E-state index is 0.891. The molecule has 1 aliphatic rings. The van der Waals surface area contributed by atoms with Crippen LogP contribution >= 0.6 is 33.3 Å². The molecule has 1 unspecified atom stereocenters. The summed E-state index contributed by atoms with van der Waals surface area (Å²) >= 11 is 1.94. The van der Waals surface area contributed by atoms with E-state index in [4.69, 9.17) is 0 Å². The Hall–Kier alpha value is 0.530. The van der Waals surface area contributed by atoms with Gasteiger partial charge in [0, 0.05) is 17.3 Å². The quantitative estimate of drug-likeness (QED) is 0.391. The van der Waals surface area contributed by atoms with Gasteiger partial charge in [-0.05, 0) is 17.7 Å².